The summed E-state index contributed by atoms with van der Waals surface area (Å²) in [6.45, 7) is 2.68. The number of rotatable bonds is 3. The van der Waals surface area contributed by atoms with E-state index in [0.29, 0.717) is 12.5 Å². The summed E-state index contributed by atoms with van der Waals surface area (Å²) in [7, 11) is 0. The molecule has 0 fully saturated rings. The third-order valence-corrected chi connectivity index (χ3v) is 1.99. The van der Waals surface area contributed by atoms with Crippen LogP contribution in [0.3, 0.4) is 0 Å². The minimum atomic E-state index is 0.0613. The summed E-state index contributed by atoms with van der Waals surface area (Å²) >= 11 is 0. The first kappa shape index (κ1) is 8.30. The maximum Gasteiger partial charge on any atom is 0.0348 e. The standard InChI is InChI=1S/C8H15N3/c1-6(4-9)8(10)7-2-3-11-5-7/h2-3,5-6,8,11H,4,9-10H2,1H3. The maximum absolute atomic E-state index is 5.89. The van der Waals surface area contributed by atoms with Gasteiger partial charge in [0, 0.05) is 18.4 Å². The Hall–Kier alpha value is -0.800. The van der Waals surface area contributed by atoms with Gasteiger partial charge in [-0.05, 0) is 24.1 Å². The van der Waals surface area contributed by atoms with Crippen molar-refractivity contribution in [1.29, 1.82) is 0 Å². The van der Waals surface area contributed by atoms with Gasteiger partial charge in [0.2, 0.25) is 0 Å². The smallest absolute Gasteiger partial charge is 0.0348 e. The maximum atomic E-state index is 5.89. The molecule has 1 heterocycles. The highest BCUT2D eigenvalue weighted by atomic mass is 14.7. The van der Waals surface area contributed by atoms with Gasteiger partial charge < -0.3 is 16.5 Å². The zero-order valence-electron chi connectivity index (χ0n) is 6.75. The molecule has 0 aromatic carbocycles. The second kappa shape index (κ2) is 3.55. The SMILES string of the molecule is CC(CN)C(N)c1cc[nH]c1. The third kappa shape index (κ3) is 1.82. The zero-order chi connectivity index (χ0) is 8.27. The zero-order valence-corrected chi connectivity index (χ0v) is 6.75. The van der Waals surface area contributed by atoms with Crippen LogP contribution in [0.1, 0.15) is 18.5 Å². The molecule has 3 nitrogen and oxygen atoms in total. The van der Waals surface area contributed by atoms with Crippen molar-refractivity contribution in [2.75, 3.05) is 6.54 Å². The summed E-state index contributed by atoms with van der Waals surface area (Å²) in [4.78, 5) is 2.97. The summed E-state index contributed by atoms with van der Waals surface area (Å²) in [6.07, 6.45) is 3.79. The molecule has 2 unspecified atom stereocenters. The van der Waals surface area contributed by atoms with Crippen LogP contribution in [0.4, 0.5) is 0 Å². The first-order chi connectivity index (χ1) is 5.25. The molecule has 0 saturated heterocycles. The van der Waals surface area contributed by atoms with Gasteiger partial charge in [-0.3, -0.25) is 0 Å². The lowest BCUT2D eigenvalue weighted by molar-refractivity contribution is 0.481. The van der Waals surface area contributed by atoms with Crippen LogP contribution in [-0.4, -0.2) is 11.5 Å². The predicted octanol–water partition coefficient (Wildman–Crippen LogP) is 0.609. The molecule has 1 aromatic rings. The number of aromatic nitrogens is 1. The second-order valence-electron chi connectivity index (χ2n) is 2.88. The molecule has 0 saturated carbocycles. The van der Waals surface area contributed by atoms with Gasteiger partial charge in [-0.25, -0.2) is 0 Å². The van der Waals surface area contributed by atoms with Crippen molar-refractivity contribution >= 4 is 0 Å². The molecule has 0 radical (unpaired) electrons. The summed E-state index contributed by atoms with van der Waals surface area (Å²) in [5.41, 5.74) is 12.5. The van der Waals surface area contributed by atoms with Crippen LogP contribution in [0.15, 0.2) is 18.5 Å². The van der Waals surface area contributed by atoms with Gasteiger partial charge in [-0.1, -0.05) is 6.92 Å². The molecule has 1 rings (SSSR count). The quantitative estimate of drug-likeness (QED) is 0.595. The molecular formula is C8H15N3. The summed E-state index contributed by atoms with van der Waals surface area (Å²) < 4.78 is 0. The van der Waals surface area contributed by atoms with Crippen molar-refractivity contribution in [3.63, 3.8) is 0 Å². The molecule has 0 amide bonds. The van der Waals surface area contributed by atoms with E-state index in [1.807, 2.05) is 18.5 Å². The normalized spacial score (nSPS) is 16.3. The van der Waals surface area contributed by atoms with Crippen molar-refractivity contribution in [2.45, 2.75) is 13.0 Å². The van der Waals surface area contributed by atoms with Crippen LogP contribution >= 0.6 is 0 Å². The average Bonchev–Trinajstić information content (AvgIpc) is 2.53. The third-order valence-electron chi connectivity index (χ3n) is 1.99. The minimum absolute atomic E-state index is 0.0613. The lowest BCUT2D eigenvalue weighted by Gasteiger charge is -2.16. The fraction of sp³-hybridized carbons (Fsp3) is 0.500. The first-order valence-electron chi connectivity index (χ1n) is 3.84. The highest BCUT2D eigenvalue weighted by molar-refractivity contribution is 5.14. The number of hydrogen-bond acceptors (Lipinski definition) is 2. The van der Waals surface area contributed by atoms with Gasteiger partial charge in [0.05, 0.1) is 0 Å². The topological polar surface area (TPSA) is 67.8 Å². The molecule has 2 atom stereocenters. The van der Waals surface area contributed by atoms with Crippen molar-refractivity contribution in [3.05, 3.63) is 24.0 Å². The van der Waals surface area contributed by atoms with Crippen LogP contribution in [0.2, 0.25) is 0 Å². The Morgan fingerprint density at radius 3 is 2.82 bits per heavy atom. The van der Waals surface area contributed by atoms with E-state index < -0.39 is 0 Å². The lowest BCUT2D eigenvalue weighted by Crippen LogP contribution is -2.25. The van der Waals surface area contributed by atoms with E-state index in [1.54, 1.807) is 0 Å². The molecule has 11 heavy (non-hydrogen) atoms. The average molecular weight is 153 g/mol. The van der Waals surface area contributed by atoms with Crippen molar-refractivity contribution in [1.82, 2.24) is 4.98 Å². The molecule has 62 valence electrons. The molecule has 0 aliphatic carbocycles. The summed E-state index contributed by atoms with van der Waals surface area (Å²) in [6, 6.07) is 2.04. The van der Waals surface area contributed by atoms with Crippen molar-refractivity contribution < 1.29 is 0 Å². The van der Waals surface area contributed by atoms with E-state index in [1.165, 1.54) is 0 Å². The summed E-state index contributed by atoms with van der Waals surface area (Å²) in [5.74, 6) is 0.339. The Bertz CT molecular complexity index is 193. The van der Waals surface area contributed by atoms with E-state index in [4.69, 9.17) is 11.5 Å². The molecule has 5 N–H and O–H groups in total. The van der Waals surface area contributed by atoms with Crippen LogP contribution in [-0.2, 0) is 0 Å². The van der Waals surface area contributed by atoms with Crippen molar-refractivity contribution in [2.24, 2.45) is 17.4 Å². The van der Waals surface area contributed by atoms with Gasteiger partial charge in [0.15, 0.2) is 0 Å². The molecule has 0 aliphatic heterocycles. The van der Waals surface area contributed by atoms with Crippen LogP contribution in [0.25, 0.3) is 0 Å². The molecule has 1 aromatic heterocycles. The molecule has 0 spiro atoms. The van der Waals surface area contributed by atoms with Crippen LogP contribution in [0.5, 0.6) is 0 Å². The number of aromatic amines is 1. The van der Waals surface area contributed by atoms with Gasteiger partial charge >= 0.3 is 0 Å². The fourth-order valence-electron chi connectivity index (χ4n) is 1.02. The highest BCUT2D eigenvalue weighted by Gasteiger charge is 2.12. The Balaban J connectivity index is 2.62. The van der Waals surface area contributed by atoms with Gasteiger partial charge in [-0.2, -0.15) is 0 Å². The first-order valence-corrected chi connectivity index (χ1v) is 3.84. The van der Waals surface area contributed by atoms with Gasteiger partial charge in [-0.15, -0.1) is 0 Å². The highest BCUT2D eigenvalue weighted by Crippen LogP contribution is 2.16. The Kier molecular flexibility index (Phi) is 2.68. The number of nitrogens with one attached hydrogen (secondary N) is 1. The number of hydrogen-bond donors (Lipinski definition) is 3. The Morgan fingerprint density at radius 1 is 1.64 bits per heavy atom. The molecule has 0 bridgehead atoms. The molecule has 0 aliphatic rings. The molecular weight excluding hydrogens is 138 g/mol. The molecule has 3 heteroatoms. The van der Waals surface area contributed by atoms with Gasteiger partial charge in [0.25, 0.3) is 0 Å². The van der Waals surface area contributed by atoms with E-state index in [0.717, 1.165) is 5.56 Å². The van der Waals surface area contributed by atoms with Crippen LogP contribution < -0.4 is 11.5 Å². The summed E-state index contributed by atoms with van der Waals surface area (Å²) in [5, 5.41) is 0. The fourth-order valence-corrected chi connectivity index (χ4v) is 1.02. The lowest BCUT2D eigenvalue weighted by atomic mass is 9.98. The second-order valence-corrected chi connectivity index (χ2v) is 2.88. The largest absolute Gasteiger partial charge is 0.367 e. The minimum Gasteiger partial charge on any atom is -0.367 e. The van der Waals surface area contributed by atoms with E-state index >= 15 is 0 Å². The van der Waals surface area contributed by atoms with E-state index in [-0.39, 0.29) is 6.04 Å². The van der Waals surface area contributed by atoms with E-state index in [2.05, 4.69) is 11.9 Å². The Labute approximate surface area is 66.8 Å². The number of nitrogens with two attached hydrogens (primary N) is 2. The van der Waals surface area contributed by atoms with E-state index in [9.17, 15) is 0 Å². The monoisotopic (exact) mass is 153 g/mol. The van der Waals surface area contributed by atoms with Gasteiger partial charge in [0.1, 0.15) is 0 Å². The predicted molar refractivity (Wildman–Crippen MR) is 45.9 cm³/mol. The van der Waals surface area contributed by atoms with Crippen molar-refractivity contribution in [3.8, 4) is 0 Å². The Morgan fingerprint density at radius 2 is 2.36 bits per heavy atom. The number of H-pyrrole nitrogens is 1. The van der Waals surface area contributed by atoms with Crippen LogP contribution in [0, 0.1) is 5.92 Å².